The van der Waals surface area contributed by atoms with Crippen LogP contribution in [0.5, 0.6) is 0 Å². The Labute approximate surface area is 209 Å². The van der Waals surface area contributed by atoms with Crippen molar-refractivity contribution in [3.05, 3.63) is 0 Å². The molecule has 3 rings (SSSR count). The number of rotatable bonds is 6. The monoisotopic (exact) mass is 507 g/mol. The van der Waals surface area contributed by atoms with Crippen LogP contribution in [0.1, 0.15) is 45.4 Å². The maximum Gasteiger partial charge on any atom is 0.246 e. The fourth-order valence-corrected chi connectivity index (χ4v) is 5.15. The molecule has 3 heterocycles. The molecule has 0 saturated carbocycles. The van der Waals surface area contributed by atoms with Gasteiger partial charge in [-0.3, -0.25) is 29.0 Å². The average molecular weight is 508 g/mol. The standard InChI is InChI=1S/C22H37N9O5/c1-2-13-19(34)30-17-11(9-23)8-12-5-6-15(31(12)21(17)36)20(35)29-14(4-3-7-26-22(24)25)18(33)27-10-16(32)28-13/h11-15,17H,2-10,23H2,1H3,(H,27,33)(H,28,32)(H,29,35)(H,30,34)(H4,24,25,26)/t11-,12-,13-,14-,15-,17+/m0/s1. The summed E-state index contributed by atoms with van der Waals surface area (Å²) in [5.74, 6) is -2.86. The highest BCUT2D eigenvalue weighted by Gasteiger charge is 2.50. The van der Waals surface area contributed by atoms with E-state index in [1.165, 1.54) is 4.90 Å². The number of piperidine rings is 1. The maximum absolute atomic E-state index is 13.5. The van der Waals surface area contributed by atoms with E-state index in [1.807, 2.05) is 0 Å². The number of nitrogens with two attached hydrogens (primary N) is 3. The third-order valence-corrected chi connectivity index (χ3v) is 7.03. The minimum atomic E-state index is -0.960. The van der Waals surface area contributed by atoms with E-state index in [1.54, 1.807) is 6.92 Å². The van der Waals surface area contributed by atoms with Gasteiger partial charge in [-0.15, -0.1) is 0 Å². The van der Waals surface area contributed by atoms with Crippen molar-refractivity contribution in [1.29, 1.82) is 0 Å². The predicted octanol–water partition coefficient (Wildman–Crippen LogP) is -3.63. The number of hydrogen-bond donors (Lipinski definition) is 7. The number of amides is 5. The van der Waals surface area contributed by atoms with Crippen LogP contribution < -0.4 is 38.5 Å². The molecule has 0 aromatic carbocycles. The SMILES string of the molecule is CC[C@@H]1NC(=O)CNC(=O)[C@H](CCCN=C(N)N)NC(=O)[C@@H]2CC[C@H]3C[C@@H](CN)[C@@H](NC1=O)C(=O)N32. The van der Waals surface area contributed by atoms with Gasteiger partial charge in [-0.05, 0) is 45.1 Å². The van der Waals surface area contributed by atoms with Crippen LogP contribution in [-0.2, 0) is 24.0 Å². The van der Waals surface area contributed by atoms with Gasteiger partial charge in [0.2, 0.25) is 29.5 Å². The number of carbonyl (C=O) groups is 5. The number of carbonyl (C=O) groups excluding carboxylic acids is 5. The van der Waals surface area contributed by atoms with Gasteiger partial charge in [0.1, 0.15) is 24.2 Å². The largest absolute Gasteiger partial charge is 0.370 e. The summed E-state index contributed by atoms with van der Waals surface area (Å²) < 4.78 is 0. The second-order valence-electron chi connectivity index (χ2n) is 9.47. The lowest BCUT2D eigenvalue weighted by Crippen LogP contribution is -2.64. The van der Waals surface area contributed by atoms with E-state index in [0.29, 0.717) is 25.7 Å². The molecule has 3 fully saturated rings. The summed E-state index contributed by atoms with van der Waals surface area (Å²) in [6.07, 6.45) is 2.49. The van der Waals surface area contributed by atoms with E-state index < -0.39 is 47.8 Å². The topological polar surface area (TPSA) is 227 Å². The van der Waals surface area contributed by atoms with E-state index in [0.717, 1.165) is 0 Å². The second kappa shape index (κ2) is 12.0. The van der Waals surface area contributed by atoms with Crippen molar-refractivity contribution in [1.82, 2.24) is 26.2 Å². The third kappa shape index (κ3) is 6.22. The summed E-state index contributed by atoms with van der Waals surface area (Å²) in [6, 6.07) is -3.72. The Hall–Kier alpha value is -3.42. The summed E-state index contributed by atoms with van der Waals surface area (Å²) in [6.45, 7) is 1.79. The van der Waals surface area contributed by atoms with Crippen molar-refractivity contribution in [2.45, 2.75) is 75.7 Å². The molecule has 3 saturated heterocycles. The van der Waals surface area contributed by atoms with Crippen LogP contribution in [0.4, 0.5) is 0 Å². The predicted molar refractivity (Wildman–Crippen MR) is 130 cm³/mol. The van der Waals surface area contributed by atoms with Crippen molar-refractivity contribution in [3.8, 4) is 0 Å². The number of nitrogens with one attached hydrogen (secondary N) is 4. The van der Waals surface area contributed by atoms with Crippen LogP contribution >= 0.6 is 0 Å². The second-order valence-corrected chi connectivity index (χ2v) is 9.47. The molecule has 0 unspecified atom stereocenters. The zero-order valence-corrected chi connectivity index (χ0v) is 20.5. The summed E-state index contributed by atoms with van der Waals surface area (Å²) in [5.41, 5.74) is 16.6. The molecule has 200 valence electrons. The first-order valence-corrected chi connectivity index (χ1v) is 12.4. The van der Waals surface area contributed by atoms with Crippen LogP contribution in [-0.4, -0.2) is 90.2 Å². The van der Waals surface area contributed by atoms with Crippen LogP contribution in [0.3, 0.4) is 0 Å². The number of guanidine groups is 1. The molecule has 0 aliphatic carbocycles. The summed E-state index contributed by atoms with van der Waals surface area (Å²) >= 11 is 0. The molecule has 6 atom stereocenters. The lowest BCUT2D eigenvalue weighted by Gasteiger charge is -2.42. The molecule has 0 radical (unpaired) electrons. The van der Waals surface area contributed by atoms with Crippen molar-refractivity contribution in [3.63, 3.8) is 0 Å². The van der Waals surface area contributed by atoms with Crippen LogP contribution in [0.2, 0.25) is 0 Å². The van der Waals surface area contributed by atoms with E-state index >= 15 is 0 Å². The van der Waals surface area contributed by atoms with Crippen molar-refractivity contribution in [2.24, 2.45) is 28.1 Å². The van der Waals surface area contributed by atoms with Crippen molar-refractivity contribution >= 4 is 35.5 Å². The minimum absolute atomic E-state index is 0.0817. The Morgan fingerprint density at radius 2 is 1.75 bits per heavy atom. The minimum Gasteiger partial charge on any atom is -0.370 e. The number of fused-ring (bicyclic) bond motifs is 1. The summed E-state index contributed by atoms with van der Waals surface area (Å²) in [5, 5.41) is 10.6. The van der Waals surface area contributed by atoms with E-state index in [9.17, 15) is 24.0 Å². The zero-order chi connectivity index (χ0) is 26.4. The quantitative estimate of drug-likeness (QED) is 0.108. The molecular formula is C22H37N9O5. The first-order valence-electron chi connectivity index (χ1n) is 12.4. The zero-order valence-electron chi connectivity index (χ0n) is 20.5. The molecule has 14 nitrogen and oxygen atoms in total. The van der Waals surface area contributed by atoms with Gasteiger partial charge in [0.25, 0.3) is 0 Å². The van der Waals surface area contributed by atoms with Gasteiger partial charge in [0, 0.05) is 18.5 Å². The van der Waals surface area contributed by atoms with Gasteiger partial charge in [0.15, 0.2) is 5.96 Å². The summed E-state index contributed by atoms with van der Waals surface area (Å²) in [4.78, 5) is 70.5. The van der Waals surface area contributed by atoms with Crippen LogP contribution in [0, 0.1) is 5.92 Å². The Balaban J connectivity index is 1.88. The van der Waals surface area contributed by atoms with Gasteiger partial charge >= 0.3 is 0 Å². The molecule has 36 heavy (non-hydrogen) atoms. The molecular weight excluding hydrogens is 470 g/mol. The number of nitrogens with zero attached hydrogens (tertiary/aromatic N) is 2. The Bertz CT molecular complexity index is 906. The number of hydrogen-bond acceptors (Lipinski definition) is 7. The Morgan fingerprint density at radius 1 is 1.00 bits per heavy atom. The maximum atomic E-state index is 13.5. The fraction of sp³-hybridized carbons (Fsp3) is 0.727. The first kappa shape index (κ1) is 27.2. The first-order chi connectivity index (χ1) is 17.2. The van der Waals surface area contributed by atoms with E-state index in [2.05, 4.69) is 26.3 Å². The molecule has 5 amide bonds. The van der Waals surface area contributed by atoms with Gasteiger partial charge in [0.05, 0.1) is 6.54 Å². The van der Waals surface area contributed by atoms with Crippen molar-refractivity contribution < 1.29 is 24.0 Å². The van der Waals surface area contributed by atoms with Gasteiger partial charge in [-0.25, -0.2) is 0 Å². The third-order valence-electron chi connectivity index (χ3n) is 7.03. The molecule has 0 aromatic rings. The fourth-order valence-electron chi connectivity index (χ4n) is 5.15. The van der Waals surface area contributed by atoms with Gasteiger partial charge in [-0.1, -0.05) is 6.92 Å². The lowest BCUT2D eigenvalue weighted by molar-refractivity contribution is -0.149. The van der Waals surface area contributed by atoms with Crippen LogP contribution in [0.15, 0.2) is 4.99 Å². The lowest BCUT2D eigenvalue weighted by atomic mass is 9.86. The van der Waals surface area contributed by atoms with E-state index in [4.69, 9.17) is 17.2 Å². The van der Waals surface area contributed by atoms with Crippen molar-refractivity contribution in [2.75, 3.05) is 19.6 Å². The van der Waals surface area contributed by atoms with Gasteiger partial charge in [-0.2, -0.15) is 0 Å². The Kier molecular flexibility index (Phi) is 9.07. The average Bonchev–Trinajstić information content (AvgIpc) is 3.27. The number of aliphatic imine (C=N–C) groups is 1. The molecule has 0 spiro atoms. The smallest absolute Gasteiger partial charge is 0.246 e. The van der Waals surface area contributed by atoms with E-state index in [-0.39, 0.29) is 56.3 Å². The highest BCUT2D eigenvalue weighted by molar-refractivity contribution is 5.97. The summed E-state index contributed by atoms with van der Waals surface area (Å²) in [7, 11) is 0. The van der Waals surface area contributed by atoms with Crippen LogP contribution in [0.25, 0.3) is 0 Å². The highest BCUT2D eigenvalue weighted by Crippen LogP contribution is 2.35. The Morgan fingerprint density at radius 3 is 2.42 bits per heavy atom. The molecule has 3 aliphatic heterocycles. The molecule has 10 N–H and O–H groups in total. The molecule has 2 bridgehead atoms. The molecule has 14 heteroatoms. The van der Waals surface area contributed by atoms with Gasteiger partial charge < -0.3 is 43.4 Å². The molecule has 3 aliphatic rings. The normalized spacial score (nSPS) is 31.4. The molecule has 0 aromatic heterocycles. The highest BCUT2D eigenvalue weighted by atomic mass is 16.2.